The van der Waals surface area contributed by atoms with Crippen molar-refractivity contribution in [2.24, 2.45) is 0 Å². The second-order valence-electron chi connectivity index (χ2n) is 6.23. The van der Waals surface area contributed by atoms with Crippen molar-refractivity contribution >= 4 is 22.6 Å². The van der Waals surface area contributed by atoms with Crippen molar-refractivity contribution < 1.29 is 4.79 Å². The number of aromatic amines is 1. The van der Waals surface area contributed by atoms with Crippen LogP contribution in [0.3, 0.4) is 0 Å². The van der Waals surface area contributed by atoms with Gasteiger partial charge in [0.1, 0.15) is 5.69 Å². The Hall–Kier alpha value is -3.54. The Morgan fingerprint density at radius 2 is 1.85 bits per heavy atom. The molecule has 2 aromatic heterocycles. The Bertz CT molecular complexity index is 1130. The summed E-state index contributed by atoms with van der Waals surface area (Å²) in [6.07, 6.45) is 1.62. The highest BCUT2D eigenvalue weighted by atomic mass is 16.1. The van der Waals surface area contributed by atoms with Crippen molar-refractivity contribution in [3.8, 4) is 22.8 Å². The van der Waals surface area contributed by atoms with Gasteiger partial charge in [0, 0.05) is 11.1 Å². The highest BCUT2D eigenvalue weighted by molar-refractivity contribution is 5.94. The number of ketones is 1. The van der Waals surface area contributed by atoms with Crippen LogP contribution in [-0.2, 0) is 0 Å². The standard InChI is InChI=1S/C20H17N5O/c1-11-3-8-15-16(9-11)25-20(24-15)18-19(21)22-10-17(23-18)14-6-4-13(5-7-14)12(2)26/h3-10H,1-2H3,(H2,21,22)(H,24,25). The van der Waals surface area contributed by atoms with Crippen LogP contribution < -0.4 is 5.73 Å². The lowest BCUT2D eigenvalue weighted by atomic mass is 10.1. The number of H-pyrrole nitrogens is 1. The maximum atomic E-state index is 11.4. The van der Waals surface area contributed by atoms with E-state index in [0.717, 1.165) is 22.2 Å². The number of aromatic nitrogens is 4. The van der Waals surface area contributed by atoms with Gasteiger partial charge in [0.15, 0.2) is 17.4 Å². The summed E-state index contributed by atoms with van der Waals surface area (Å²) < 4.78 is 0. The first-order valence-electron chi connectivity index (χ1n) is 8.22. The number of fused-ring (bicyclic) bond motifs is 1. The summed E-state index contributed by atoms with van der Waals surface area (Å²) >= 11 is 0. The highest BCUT2D eigenvalue weighted by Gasteiger charge is 2.13. The predicted octanol–water partition coefficient (Wildman–Crippen LogP) is 3.78. The average Bonchev–Trinajstić information content (AvgIpc) is 3.05. The van der Waals surface area contributed by atoms with Gasteiger partial charge in [0.2, 0.25) is 0 Å². The lowest BCUT2D eigenvalue weighted by molar-refractivity contribution is 0.101. The first kappa shape index (κ1) is 16.0. The second kappa shape index (κ2) is 6.07. The van der Waals surface area contributed by atoms with Crippen LogP contribution in [0.25, 0.3) is 33.8 Å². The third kappa shape index (κ3) is 2.82. The fourth-order valence-electron chi connectivity index (χ4n) is 2.82. The molecule has 2 heterocycles. The fourth-order valence-corrected chi connectivity index (χ4v) is 2.82. The van der Waals surface area contributed by atoms with Gasteiger partial charge < -0.3 is 10.7 Å². The molecule has 0 spiro atoms. The molecule has 0 aliphatic rings. The number of hydrogen-bond acceptors (Lipinski definition) is 5. The number of anilines is 1. The van der Waals surface area contributed by atoms with Gasteiger partial charge >= 0.3 is 0 Å². The van der Waals surface area contributed by atoms with Gasteiger partial charge in [0.05, 0.1) is 22.9 Å². The van der Waals surface area contributed by atoms with Crippen molar-refractivity contribution in [2.75, 3.05) is 5.73 Å². The molecule has 0 fully saturated rings. The van der Waals surface area contributed by atoms with Crippen LogP contribution in [0.4, 0.5) is 5.82 Å². The molecule has 0 bridgehead atoms. The molecule has 0 amide bonds. The molecule has 0 saturated carbocycles. The van der Waals surface area contributed by atoms with Gasteiger partial charge in [-0.2, -0.15) is 0 Å². The van der Waals surface area contributed by atoms with Crippen LogP contribution in [0.1, 0.15) is 22.8 Å². The zero-order valence-corrected chi connectivity index (χ0v) is 14.4. The molecular weight excluding hydrogens is 326 g/mol. The second-order valence-corrected chi connectivity index (χ2v) is 6.23. The number of carbonyl (C=O) groups excluding carboxylic acids is 1. The first-order chi connectivity index (χ1) is 12.5. The van der Waals surface area contributed by atoms with Gasteiger partial charge in [-0.1, -0.05) is 30.3 Å². The van der Waals surface area contributed by atoms with Crippen molar-refractivity contribution in [2.45, 2.75) is 13.8 Å². The normalized spacial score (nSPS) is 11.0. The molecule has 6 nitrogen and oxygen atoms in total. The van der Waals surface area contributed by atoms with E-state index in [2.05, 4.69) is 19.9 Å². The lowest BCUT2D eigenvalue weighted by Gasteiger charge is -2.06. The predicted molar refractivity (Wildman–Crippen MR) is 102 cm³/mol. The number of carbonyl (C=O) groups is 1. The maximum Gasteiger partial charge on any atom is 0.161 e. The van der Waals surface area contributed by atoms with E-state index in [9.17, 15) is 4.79 Å². The van der Waals surface area contributed by atoms with Crippen LogP contribution in [0, 0.1) is 6.92 Å². The largest absolute Gasteiger partial charge is 0.382 e. The third-order valence-corrected chi connectivity index (χ3v) is 4.25. The molecule has 128 valence electrons. The van der Waals surface area contributed by atoms with Crippen molar-refractivity contribution in [3.63, 3.8) is 0 Å². The van der Waals surface area contributed by atoms with Crippen LogP contribution in [0.2, 0.25) is 0 Å². The van der Waals surface area contributed by atoms with Crippen LogP contribution in [-0.4, -0.2) is 25.7 Å². The Morgan fingerprint density at radius 1 is 1.08 bits per heavy atom. The summed E-state index contributed by atoms with van der Waals surface area (Å²) in [6, 6.07) is 13.2. The van der Waals surface area contributed by atoms with E-state index >= 15 is 0 Å². The number of nitrogen functional groups attached to an aromatic ring is 1. The molecule has 0 aliphatic heterocycles. The molecule has 3 N–H and O–H groups in total. The quantitative estimate of drug-likeness (QED) is 0.552. The van der Waals surface area contributed by atoms with E-state index in [1.807, 2.05) is 37.3 Å². The monoisotopic (exact) mass is 343 g/mol. The summed E-state index contributed by atoms with van der Waals surface area (Å²) in [5, 5.41) is 0. The van der Waals surface area contributed by atoms with Gasteiger partial charge in [-0.05, 0) is 31.5 Å². The Kier molecular flexibility index (Phi) is 3.73. The Labute approximate surface area is 150 Å². The number of nitrogens with two attached hydrogens (primary N) is 1. The summed E-state index contributed by atoms with van der Waals surface area (Å²) in [5.41, 5.74) is 11.6. The molecule has 26 heavy (non-hydrogen) atoms. The number of Topliss-reactive ketones (excluding diaryl/α,β-unsaturated/α-hetero) is 1. The molecule has 2 aromatic carbocycles. The number of nitrogens with zero attached hydrogens (tertiary/aromatic N) is 3. The number of hydrogen-bond donors (Lipinski definition) is 2. The number of aryl methyl sites for hydroxylation is 1. The average molecular weight is 343 g/mol. The molecule has 0 aliphatic carbocycles. The smallest absolute Gasteiger partial charge is 0.161 e. The van der Waals surface area contributed by atoms with Gasteiger partial charge in [-0.15, -0.1) is 0 Å². The minimum Gasteiger partial charge on any atom is -0.382 e. The van der Waals surface area contributed by atoms with E-state index in [0.29, 0.717) is 28.6 Å². The first-order valence-corrected chi connectivity index (χ1v) is 8.22. The number of nitrogens with one attached hydrogen (secondary N) is 1. The van der Waals surface area contributed by atoms with Crippen LogP contribution in [0.15, 0.2) is 48.7 Å². The van der Waals surface area contributed by atoms with Crippen molar-refractivity contribution in [3.05, 3.63) is 59.8 Å². The Balaban J connectivity index is 1.79. The third-order valence-electron chi connectivity index (χ3n) is 4.25. The highest BCUT2D eigenvalue weighted by Crippen LogP contribution is 2.26. The van der Waals surface area contributed by atoms with Gasteiger partial charge in [-0.3, -0.25) is 4.79 Å². The zero-order valence-electron chi connectivity index (χ0n) is 14.4. The minimum absolute atomic E-state index is 0.0261. The minimum atomic E-state index is 0.0261. The summed E-state index contributed by atoms with van der Waals surface area (Å²) in [5.74, 6) is 0.917. The summed E-state index contributed by atoms with van der Waals surface area (Å²) in [7, 11) is 0. The summed E-state index contributed by atoms with van der Waals surface area (Å²) in [4.78, 5) is 28.2. The molecule has 0 radical (unpaired) electrons. The summed E-state index contributed by atoms with van der Waals surface area (Å²) in [6.45, 7) is 3.57. The molecule has 0 unspecified atom stereocenters. The van der Waals surface area contributed by atoms with E-state index < -0.39 is 0 Å². The van der Waals surface area contributed by atoms with E-state index in [1.54, 1.807) is 25.3 Å². The maximum absolute atomic E-state index is 11.4. The molecule has 6 heteroatoms. The van der Waals surface area contributed by atoms with Crippen molar-refractivity contribution in [1.29, 1.82) is 0 Å². The van der Waals surface area contributed by atoms with E-state index in [1.165, 1.54) is 0 Å². The molecule has 4 aromatic rings. The topological polar surface area (TPSA) is 97.5 Å². The van der Waals surface area contributed by atoms with Crippen LogP contribution >= 0.6 is 0 Å². The lowest BCUT2D eigenvalue weighted by Crippen LogP contribution is -2.00. The van der Waals surface area contributed by atoms with Crippen LogP contribution in [0.5, 0.6) is 0 Å². The number of benzene rings is 2. The van der Waals surface area contributed by atoms with Gasteiger partial charge in [0.25, 0.3) is 0 Å². The molecule has 4 rings (SSSR count). The number of imidazole rings is 1. The molecular formula is C20H17N5O. The van der Waals surface area contributed by atoms with E-state index in [4.69, 9.17) is 5.73 Å². The Morgan fingerprint density at radius 3 is 2.58 bits per heavy atom. The molecule has 0 atom stereocenters. The fraction of sp³-hybridized carbons (Fsp3) is 0.100. The van der Waals surface area contributed by atoms with Crippen molar-refractivity contribution in [1.82, 2.24) is 19.9 Å². The number of rotatable bonds is 3. The molecule has 0 saturated heterocycles. The van der Waals surface area contributed by atoms with Gasteiger partial charge in [-0.25, -0.2) is 15.0 Å². The van der Waals surface area contributed by atoms with E-state index in [-0.39, 0.29) is 5.78 Å². The zero-order chi connectivity index (χ0) is 18.3. The SMILES string of the molecule is CC(=O)c1ccc(-c2cnc(N)c(-c3nc4ccc(C)cc4[nH]3)n2)cc1.